The summed E-state index contributed by atoms with van der Waals surface area (Å²) in [5.74, 6) is 1.09. The molecule has 4 heterocycles. The molecule has 0 aliphatic carbocycles. The zero-order valence-corrected chi connectivity index (χ0v) is 18.9. The Hall–Kier alpha value is -3.20. The lowest BCUT2D eigenvalue weighted by molar-refractivity contribution is 0.0537. The van der Waals surface area contributed by atoms with Crippen LogP contribution < -0.4 is 0 Å². The number of rotatable bonds is 6. The first kappa shape index (κ1) is 21.0. The van der Waals surface area contributed by atoms with E-state index >= 15 is 0 Å². The number of carbonyl (C=O) groups is 1. The summed E-state index contributed by atoms with van der Waals surface area (Å²) in [5.41, 5.74) is 3.18. The Morgan fingerprint density at radius 2 is 1.94 bits per heavy atom. The van der Waals surface area contributed by atoms with E-state index in [1.165, 1.54) is 0 Å². The number of hydrogen-bond acceptors (Lipinski definition) is 7. The average molecular weight is 439 g/mol. The van der Waals surface area contributed by atoms with Crippen LogP contribution in [0.25, 0.3) is 16.5 Å². The molecule has 3 aromatic heterocycles. The minimum Gasteiger partial charge on any atom is -0.480 e. The second-order valence-electron chi connectivity index (χ2n) is 7.34. The highest BCUT2D eigenvalue weighted by atomic mass is 32.1. The molecule has 1 amide bonds. The minimum absolute atomic E-state index is 0.0315. The number of aromatic nitrogens is 4. The zero-order chi connectivity index (χ0) is 22.0. The molecule has 9 heteroatoms. The van der Waals surface area contributed by atoms with Crippen LogP contribution in [0, 0.1) is 13.8 Å². The van der Waals surface area contributed by atoms with Crippen molar-refractivity contribution in [1.29, 1.82) is 0 Å². The summed E-state index contributed by atoms with van der Waals surface area (Å²) >= 11 is 1.63. The highest BCUT2D eigenvalue weighted by Gasteiger charge is 2.26. The van der Waals surface area contributed by atoms with Crippen molar-refractivity contribution in [3.05, 3.63) is 59.2 Å². The van der Waals surface area contributed by atoms with Gasteiger partial charge in [-0.15, -0.1) is 11.3 Å². The van der Waals surface area contributed by atoms with Crippen LogP contribution in [0.2, 0.25) is 0 Å². The van der Waals surface area contributed by atoms with Crippen molar-refractivity contribution in [2.75, 3.05) is 32.8 Å². The van der Waals surface area contributed by atoms with Crippen LogP contribution >= 0.6 is 11.3 Å². The molecule has 1 fully saturated rings. The number of nitrogens with zero attached hydrogens (tertiary/aromatic N) is 6. The maximum Gasteiger partial charge on any atom is 0.257 e. The first-order chi connectivity index (χ1) is 15.0. The summed E-state index contributed by atoms with van der Waals surface area (Å²) in [7, 11) is 0. The number of piperazine rings is 1. The van der Waals surface area contributed by atoms with Crippen LogP contribution in [0.3, 0.4) is 0 Å². The Kier molecular flexibility index (Phi) is 6.03. The topological polar surface area (TPSA) is 76.4 Å². The highest BCUT2D eigenvalue weighted by Crippen LogP contribution is 2.26. The van der Waals surface area contributed by atoms with Crippen LogP contribution in [0.1, 0.15) is 28.5 Å². The standard InChI is InChI=1S/C22H26N6O2S/c1-5-30-17(4)26-8-10-27(11-9-26)21(29)18-14-24-28(16(18)3)22-23-13-15(2)20(25-22)19-7-6-12-31-19/h6-7,12-14H,4-5,8-11H2,1-3H3. The summed E-state index contributed by atoms with van der Waals surface area (Å²) < 4.78 is 7.12. The molecular weight excluding hydrogens is 412 g/mol. The molecule has 0 bridgehead atoms. The Morgan fingerprint density at radius 1 is 1.19 bits per heavy atom. The van der Waals surface area contributed by atoms with Crippen molar-refractivity contribution >= 4 is 17.2 Å². The Labute approximate surface area is 185 Å². The fraction of sp³-hybridized carbons (Fsp3) is 0.364. The van der Waals surface area contributed by atoms with Gasteiger partial charge < -0.3 is 14.5 Å². The van der Waals surface area contributed by atoms with E-state index in [1.807, 2.05) is 43.2 Å². The van der Waals surface area contributed by atoms with E-state index < -0.39 is 0 Å². The van der Waals surface area contributed by atoms with Gasteiger partial charge in [-0.1, -0.05) is 6.07 Å². The third-order valence-corrected chi connectivity index (χ3v) is 6.25. The molecule has 0 saturated carbocycles. The van der Waals surface area contributed by atoms with Gasteiger partial charge >= 0.3 is 0 Å². The predicted octanol–water partition coefficient (Wildman–Crippen LogP) is 3.27. The molecule has 1 saturated heterocycles. The zero-order valence-electron chi connectivity index (χ0n) is 18.0. The molecule has 8 nitrogen and oxygen atoms in total. The minimum atomic E-state index is -0.0315. The summed E-state index contributed by atoms with van der Waals surface area (Å²) in [6, 6.07) is 4.04. The molecule has 162 valence electrons. The first-order valence-corrected chi connectivity index (χ1v) is 11.2. The smallest absolute Gasteiger partial charge is 0.257 e. The lowest BCUT2D eigenvalue weighted by atomic mass is 10.2. The van der Waals surface area contributed by atoms with Gasteiger partial charge in [-0.3, -0.25) is 4.79 Å². The fourth-order valence-electron chi connectivity index (χ4n) is 3.61. The largest absolute Gasteiger partial charge is 0.480 e. The van der Waals surface area contributed by atoms with Gasteiger partial charge in [0.1, 0.15) is 0 Å². The van der Waals surface area contributed by atoms with Gasteiger partial charge in [-0.25, -0.2) is 14.6 Å². The van der Waals surface area contributed by atoms with Crippen molar-refractivity contribution in [2.45, 2.75) is 20.8 Å². The molecule has 4 rings (SSSR count). The molecule has 3 aromatic rings. The number of aryl methyl sites for hydroxylation is 1. The average Bonchev–Trinajstić information content (AvgIpc) is 3.44. The van der Waals surface area contributed by atoms with Gasteiger partial charge in [-0.05, 0) is 44.4 Å². The Morgan fingerprint density at radius 3 is 2.61 bits per heavy atom. The van der Waals surface area contributed by atoms with Crippen molar-refractivity contribution in [2.24, 2.45) is 0 Å². The Bertz CT molecular complexity index is 1080. The van der Waals surface area contributed by atoms with Crippen LogP contribution in [-0.4, -0.2) is 68.2 Å². The van der Waals surface area contributed by atoms with Crippen molar-refractivity contribution in [1.82, 2.24) is 29.5 Å². The Balaban J connectivity index is 1.52. The number of amides is 1. The van der Waals surface area contributed by atoms with Crippen LogP contribution in [0.5, 0.6) is 0 Å². The monoisotopic (exact) mass is 438 g/mol. The summed E-state index contributed by atoms with van der Waals surface area (Å²) in [6.45, 7) is 13.0. The molecule has 1 aliphatic rings. The third kappa shape index (κ3) is 4.18. The van der Waals surface area contributed by atoms with Crippen LogP contribution in [-0.2, 0) is 4.74 Å². The van der Waals surface area contributed by atoms with Gasteiger partial charge in [0, 0.05) is 32.4 Å². The maximum absolute atomic E-state index is 13.1. The normalized spacial score (nSPS) is 14.0. The molecule has 0 aromatic carbocycles. The van der Waals surface area contributed by atoms with Gasteiger partial charge in [0.25, 0.3) is 11.9 Å². The van der Waals surface area contributed by atoms with E-state index in [1.54, 1.807) is 28.4 Å². The second kappa shape index (κ2) is 8.89. The molecule has 0 radical (unpaired) electrons. The number of hydrogen-bond donors (Lipinski definition) is 0. The summed E-state index contributed by atoms with van der Waals surface area (Å²) in [4.78, 5) is 27.3. The molecule has 0 N–H and O–H groups in total. The lowest BCUT2D eigenvalue weighted by Gasteiger charge is -2.36. The highest BCUT2D eigenvalue weighted by molar-refractivity contribution is 7.13. The van der Waals surface area contributed by atoms with E-state index in [-0.39, 0.29) is 5.91 Å². The van der Waals surface area contributed by atoms with E-state index in [2.05, 4.69) is 21.6 Å². The van der Waals surface area contributed by atoms with Crippen molar-refractivity contribution in [3.63, 3.8) is 0 Å². The number of thiophene rings is 1. The molecular formula is C22H26N6O2S. The number of ether oxygens (including phenoxy) is 1. The molecule has 1 aliphatic heterocycles. The lowest BCUT2D eigenvalue weighted by Crippen LogP contribution is -2.48. The molecule has 31 heavy (non-hydrogen) atoms. The van der Waals surface area contributed by atoms with Crippen molar-refractivity contribution < 1.29 is 9.53 Å². The molecule has 0 atom stereocenters. The third-order valence-electron chi connectivity index (χ3n) is 5.37. The molecule has 0 spiro atoms. The van der Waals surface area contributed by atoms with Crippen LogP contribution in [0.4, 0.5) is 0 Å². The first-order valence-electron chi connectivity index (χ1n) is 10.3. The summed E-state index contributed by atoms with van der Waals surface area (Å²) in [6.07, 6.45) is 3.40. The predicted molar refractivity (Wildman–Crippen MR) is 120 cm³/mol. The van der Waals surface area contributed by atoms with E-state index in [0.717, 1.165) is 21.8 Å². The fourth-order valence-corrected chi connectivity index (χ4v) is 4.39. The van der Waals surface area contributed by atoms with Gasteiger partial charge in [0.15, 0.2) is 5.88 Å². The van der Waals surface area contributed by atoms with E-state index in [4.69, 9.17) is 9.72 Å². The SMILES string of the molecule is C=C(OCC)N1CCN(C(=O)c2cnn(-c3ncc(C)c(-c4cccs4)n3)c2C)CC1. The van der Waals surface area contributed by atoms with E-state index in [9.17, 15) is 4.79 Å². The van der Waals surface area contributed by atoms with Crippen LogP contribution in [0.15, 0.2) is 42.4 Å². The van der Waals surface area contributed by atoms with E-state index in [0.29, 0.717) is 50.2 Å². The second-order valence-corrected chi connectivity index (χ2v) is 8.29. The van der Waals surface area contributed by atoms with Crippen molar-refractivity contribution in [3.8, 4) is 16.5 Å². The quantitative estimate of drug-likeness (QED) is 0.550. The van der Waals surface area contributed by atoms with Gasteiger partial charge in [-0.2, -0.15) is 5.10 Å². The van der Waals surface area contributed by atoms with Gasteiger partial charge in [0.2, 0.25) is 0 Å². The van der Waals surface area contributed by atoms with Gasteiger partial charge in [0.05, 0.1) is 34.6 Å². The maximum atomic E-state index is 13.1. The summed E-state index contributed by atoms with van der Waals surface area (Å²) in [5, 5.41) is 6.45. The number of carbonyl (C=O) groups excluding carboxylic acids is 1. The molecule has 0 unspecified atom stereocenters.